The molecule has 40 heavy (non-hydrogen) atoms. The van der Waals surface area contributed by atoms with Crippen molar-refractivity contribution in [3.8, 4) is 5.75 Å². The smallest absolute Gasteiger partial charge is 0.255 e. The second-order valence-corrected chi connectivity index (χ2v) is 11.0. The molecule has 3 aliphatic rings. The SMILES string of the molecule is CCO/N=C(/CCN(C)C)c1ccc(O)c2c1C[C@H]1C[C@H]3[C@@H](N(C)C)C(O)=C(C(N)=O)C(=O)[C@@]3(O)C(O)=C1C2=O. The molecule has 0 unspecified atom stereocenters. The van der Waals surface area contributed by atoms with E-state index in [4.69, 9.17) is 10.6 Å². The van der Waals surface area contributed by atoms with E-state index in [1.807, 2.05) is 19.0 Å². The lowest BCUT2D eigenvalue weighted by Gasteiger charge is -2.50. The molecule has 0 fully saturated rings. The van der Waals surface area contributed by atoms with Gasteiger partial charge < -0.3 is 35.9 Å². The van der Waals surface area contributed by atoms with Crippen molar-refractivity contribution in [1.29, 1.82) is 0 Å². The first-order valence-corrected chi connectivity index (χ1v) is 13.1. The fraction of sp³-hybridized carbons (Fsp3) is 0.500. The monoisotopic (exact) mass is 556 g/mol. The van der Waals surface area contributed by atoms with E-state index in [-0.39, 0.29) is 29.7 Å². The van der Waals surface area contributed by atoms with Crippen molar-refractivity contribution in [2.75, 3.05) is 41.3 Å². The Morgan fingerprint density at radius 2 is 1.85 bits per heavy atom. The summed E-state index contributed by atoms with van der Waals surface area (Å²) in [4.78, 5) is 48.3. The van der Waals surface area contributed by atoms with E-state index in [1.165, 1.54) is 11.0 Å². The summed E-state index contributed by atoms with van der Waals surface area (Å²) in [5.41, 5.74) is 3.29. The first-order valence-electron chi connectivity index (χ1n) is 13.1. The van der Waals surface area contributed by atoms with Crippen molar-refractivity contribution >= 4 is 23.2 Å². The van der Waals surface area contributed by atoms with Crippen molar-refractivity contribution in [3.63, 3.8) is 0 Å². The molecule has 6 N–H and O–H groups in total. The van der Waals surface area contributed by atoms with Crippen molar-refractivity contribution in [1.82, 2.24) is 9.80 Å². The number of Topliss-reactive ketones (excluding diaryl/α,β-unsaturated/α-hetero) is 2. The summed E-state index contributed by atoms with van der Waals surface area (Å²) in [5.74, 6) is -6.86. The Morgan fingerprint density at radius 1 is 1.18 bits per heavy atom. The van der Waals surface area contributed by atoms with Crippen molar-refractivity contribution in [2.45, 2.75) is 37.8 Å². The fourth-order valence-electron chi connectivity index (χ4n) is 6.22. The van der Waals surface area contributed by atoms with Crippen molar-refractivity contribution < 1.29 is 39.6 Å². The van der Waals surface area contributed by atoms with Gasteiger partial charge in [0.15, 0.2) is 11.4 Å². The summed E-state index contributed by atoms with van der Waals surface area (Å²) in [6.45, 7) is 2.77. The third-order valence-corrected chi connectivity index (χ3v) is 8.02. The van der Waals surface area contributed by atoms with Gasteiger partial charge in [-0.1, -0.05) is 5.16 Å². The van der Waals surface area contributed by atoms with Gasteiger partial charge in [-0.05, 0) is 71.6 Å². The maximum atomic E-state index is 13.9. The number of likely N-dealkylation sites (N-methyl/N-ethyl adjacent to an activating group) is 1. The molecule has 1 aromatic rings. The average molecular weight is 557 g/mol. The summed E-state index contributed by atoms with van der Waals surface area (Å²) in [6.07, 6.45) is 0.674. The zero-order valence-corrected chi connectivity index (χ0v) is 23.3. The van der Waals surface area contributed by atoms with Gasteiger partial charge in [-0.2, -0.15) is 0 Å². The van der Waals surface area contributed by atoms with E-state index in [0.29, 0.717) is 36.4 Å². The number of aliphatic hydroxyl groups is 3. The molecule has 0 saturated heterocycles. The Bertz CT molecular complexity index is 1360. The normalized spacial score (nSPS) is 26.7. The molecule has 1 aromatic carbocycles. The van der Waals surface area contributed by atoms with E-state index < -0.39 is 58.0 Å². The number of nitrogens with zero attached hydrogens (tertiary/aromatic N) is 3. The average Bonchev–Trinajstić information content (AvgIpc) is 2.86. The standard InChI is InChI=1S/C28H36N4O8/c1-6-40-30-17(9-10-31(2)3)14-7-8-18(33)20-15(14)11-13-12-16-22(32(4)5)24(35)21(27(29)38)26(37)28(16,39)25(36)19(13)23(20)34/h7-8,13,16,22,33,35-36,39H,6,9-12H2,1-5H3,(H2,29,38)/b30-17-/t13-,16-,22+,28-/m0/s1. The van der Waals surface area contributed by atoms with Gasteiger partial charge in [-0.25, -0.2) is 0 Å². The number of amides is 1. The molecule has 12 nitrogen and oxygen atoms in total. The number of aromatic hydroxyl groups is 1. The number of ketones is 2. The highest BCUT2D eigenvalue weighted by Gasteiger charge is 2.63. The molecule has 216 valence electrons. The molecule has 1 amide bonds. The quantitative estimate of drug-likeness (QED) is 0.174. The van der Waals surface area contributed by atoms with Gasteiger partial charge >= 0.3 is 0 Å². The number of aliphatic hydroxyl groups excluding tert-OH is 2. The van der Waals surface area contributed by atoms with Gasteiger partial charge in [0.1, 0.15) is 29.4 Å². The number of hydrogen-bond donors (Lipinski definition) is 5. The first kappa shape index (κ1) is 29.2. The lowest BCUT2D eigenvalue weighted by Crippen LogP contribution is -2.63. The number of benzene rings is 1. The van der Waals surface area contributed by atoms with E-state index in [9.17, 15) is 34.8 Å². The molecular weight excluding hydrogens is 520 g/mol. The summed E-state index contributed by atoms with van der Waals surface area (Å²) < 4.78 is 0. The van der Waals surface area contributed by atoms with Crippen LogP contribution in [0.25, 0.3) is 0 Å². The first-order chi connectivity index (χ1) is 18.8. The molecule has 3 aliphatic carbocycles. The number of phenols is 1. The topological polar surface area (TPSA) is 186 Å². The minimum atomic E-state index is -2.68. The summed E-state index contributed by atoms with van der Waals surface area (Å²) in [6, 6.07) is 1.98. The van der Waals surface area contributed by atoms with Crippen LogP contribution in [0.1, 0.15) is 41.3 Å². The molecule has 0 bridgehead atoms. The Balaban J connectivity index is 1.91. The third-order valence-electron chi connectivity index (χ3n) is 8.02. The van der Waals surface area contributed by atoms with E-state index in [0.717, 1.165) is 0 Å². The molecular formula is C28H36N4O8. The van der Waals surface area contributed by atoms with Crippen LogP contribution in [0.2, 0.25) is 0 Å². The number of fused-ring (bicyclic) bond motifs is 3. The number of nitrogens with two attached hydrogens (primary N) is 1. The summed E-state index contributed by atoms with van der Waals surface area (Å²) in [5, 5.41) is 49.1. The van der Waals surface area contributed by atoms with E-state index in [2.05, 4.69) is 5.16 Å². The number of hydrogen-bond acceptors (Lipinski definition) is 11. The Hall–Kier alpha value is -3.74. The Labute approximate surface area is 232 Å². The van der Waals surface area contributed by atoms with Gasteiger partial charge in [0.05, 0.1) is 17.3 Å². The highest BCUT2D eigenvalue weighted by atomic mass is 16.6. The van der Waals surface area contributed by atoms with Gasteiger partial charge in [0, 0.05) is 30.0 Å². The van der Waals surface area contributed by atoms with Gasteiger partial charge in [-0.15, -0.1) is 0 Å². The number of rotatable bonds is 8. The molecule has 12 heteroatoms. The van der Waals surface area contributed by atoms with E-state index in [1.54, 1.807) is 27.1 Å². The lowest BCUT2D eigenvalue weighted by molar-refractivity contribution is -0.148. The highest BCUT2D eigenvalue weighted by molar-refractivity contribution is 6.25. The van der Waals surface area contributed by atoms with Gasteiger partial charge in [0.25, 0.3) is 5.91 Å². The zero-order valence-electron chi connectivity index (χ0n) is 23.3. The minimum Gasteiger partial charge on any atom is -0.510 e. The molecule has 4 rings (SSSR count). The predicted molar refractivity (Wildman–Crippen MR) is 145 cm³/mol. The number of carbonyl (C=O) groups excluding carboxylic acids is 3. The van der Waals surface area contributed by atoms with E-state index >= 15 is 0 Å². The highest BCUT2D eigenvalue weighted by Crippen LogP contribution is 2.52. The molecule has 0 radical (unpaired) electrons. The van der Waals surface area contributed by atoms with Crippen LogP contribution < -0.4 is 5.73 Å². The Morgan fingerprint density at radius 3 is 2.42 bits per heavy atom. The largest absolute Gasteiger partial charge is 0.510 e. The molecule has 0 saturated carbocycles. The number of phenolic OH excluding ortho intramolecular Hbond substituents is 1. The maximum absolute atomic E-state index is 13.9. The molecule has 0 aromatic heterocycles. The Kier molecular flexibility index (Phi) is 7.81. The summed E-state index contributed by atoms with van der Waals surface area (Å²) in [7, 11) is 7.00. The van der Waals surface area contributed by atoms with Crippen LogP contribution in [0, 0.1) is 11.8 Å². The van der Waals surface area contributed by atoms with Gasteiger partial charge in [0.2, 0.25) is 5.78 Å². The van der Waals surface area contributed by atoms with Crippen molar-refractivity contribution in [2.24, 2.45) is 22.7 Å². The second-order valence-electron chi connectivity index (χ2n) is 11.0. The number of primary amides is 1. The fourth-order valence-corrected chi connectivity index (χ4v) is 6.22. The molecule has 0 spiro atoms. The molecule has 0 heterocycles. The number of carbonyl (C=O) groups is 3. The van der Waals surface area contributed by atoms with Crippen LogP contribution in [0.15, 0.2) is 40.0 Å². The van der Waals surface area contributed by atoms with Gasteiger partial charge in [-0.3, -0.25) is 19.3 Å². The van der Waals surface area contributed by atoms with Crippen LogP contribution in [0.5, 0.6) is 5.75 Å². The lowest BCUT2D eigenvalue weighted by atomic mass is 9.58. The second kappa shape index (κ2) is 10.7. The minimum absolute atomic E-state index is 0.0104. The van der Waals surface area contributed by atoms with Crippen LogP contribution in [0.3, 0.4) is 0 Å². The van der Waals surface area contributed by atoms with Crippen molar-refractivity contribution in [3.05, 3.63) is 51.5 Å². The van der Waals surface area contributed by atoms with Crippen LogP contribution in [0.4, 0.5) is 0 Å². The van der Waals surface area contributed by atoms with Crippen LogP contribution in [-0.2, 0) is 20.8 Å². The number of oxime groups is 1. The predicted octanol–water partition coefficient (Wildman–Crippen LogP) is 0.813. The zero-order chi connectivity index (χ0) is 29.7. The van der Waals surface area contributed by atoms with Crippen LogP contribution >= 0.6 is 0 Å². The maximum Gasteiger partial charge on any atom is 0.255 e. The molecule has 0 aliphatic heterocycles. The molecule has 4 atom stereocenters. The third kappa shape index (κ3) is 4.45. The number of allylic oxidation sites excluding steroid dienone is 1. The summed E-state index contributed by atoms with van der Waals surface area (Å²) >= 11 is 0. The van der Waals surface area contributed by atoms with Crippen LogP contribution in [-0.4, -0.2) is 106 Å².